The van der Waals surface area contributed by atoms with Crippen LogP contribution in [0, 0.1) is 17.2 Å². The van der Waals surface area contributed by atoms with Crippen molar-refractivity contribution in [2.45, 2.75) is 33.6 Å². The number of allylic oxidation sites excluding steroid dienone is 1. The van der Waals surface area contributed by atoms with E-state index in [2.05, 4.69) is 13.6 Å². The summed E-state index contributed by atoms with van der Waals surface area (Å²) in [6.07, 6.45) is 1.93. The zero-order valence-electron chi connectivity index (χ0n) is 11.3. The molecule has 0 saturated heterocycles. The number of carbonyl (C=O) groups excluding carboxylic acids is 1. The predicted molar refractivity (Wildman–Crippen MR) is 73.1 cm³/mol. The SMILES string of the molecule is CC.CCOC(=O)C(=N)C1=C(N)CC2CC12.[B]N. The third kappa shape index (κ3) is 3.60. The lowest BCUT2D eigenvalue weighted by Crippen LogP contribution is -2.21. The number of hydrogen-bond acceptors (Lipinski definition) is 5. The largest absolute Gasteiger partial charge is 0.461 e. The molecule has 5 N–H and O–H groups in total. The van der Waals surface area contributed by atoms with Crippen molar-refractivity contribution in [3.8, 4) is 0 Å². The van der Waals surface area contributed by atoms with Gasteiger partial charge in [0.1, 0.15) is 5.71 Å². The van der Waals surface area contributed by atoms with Gasteiger partial charge in [-0.05, 0) is 31.6 Å². The first-order valence-electron chi connectivity index (χ1n) is 6.23. The molecule has 2 rings (SSSR count). The summed E-state index contributed by atoms with van der Waals surface area (Å²) < 4.78 is 4.78. The van der Waals surface area contributed by atoms with Crippen LogP contribution >= 0.6 is 0 Å². The number of nitrogens with one attached hydrogen (secondary N) is 1. The summed E-state index contributed by atoms with van der Waals surface area (Å²) in [5, 5.41) is 7.67. The van der Waals surface area contributed by atoms with Crippen LogP contribution < -0.4 is 11.4 Å². The Morgan fingerprint density at radius 2 is 2.06 bits per heavy atom. The van der Waals surface area contributed by atoms with Crippen molar-refractivity contribution in [2.24, 2.45) is 23.2 Å². The summed E-state index contributed by atoms with van der Waals surface area (Å²) in [5.74, 6) is 0.421. The normalized spacial score (nSPS) is 22.9. The third-order valence-electron chi connectivity index (χ3n) is 2.87. The number of fused-ring (bicyclic) bond motifs is 1. The molecule has 0 heterocycles. The molecule has 0 aliphatic heterocycles. The molecular formula is C12H22BN3O2. The second-order valence-corrected chi connectivity index (χ2v) is 3.84. The van der Waals surface area contributed by atoms with Crippen molar-refractivity contribution < 1.29 is 9.53 Å². The number of ether oxygens (including phenoxy) is 1. The number of nitrogens with two attached hydrogens (primary N) is 2. The molecule has 0 aromatic heterocycles. The molecule has 5 nitrogen and oxygen atoms in total. The van der Waals surface area contributed by atoms with Crippen LogP contribution in [0.4, 0.5) is 0 Å². The van der Waals surface area contributed by atoms with Gasteiger partial charge >= 0.3 is 5.97 Å². The van der Waals surface area contributed by atoms with Crippen LogP contribution in [0.5, 0.6) is 0 Å². The maximum atomic E-state index is 11.3. The van der Waals surface area contributed by atoms with E-state index >= 15 is 0 Å². The Balaban J connectivity index is 0.000000659. The number of esters is 1. The Kier molecular flexibility index (Phi) is 7.35. The quantitative estimate of drug-likeness (QED) is 0.393. The Labute approximate surface area is 110 Å². The summed E-state index contributed by atoms with van der Waals surface area (Å²) in [6, 6.07) is 0. The minimum atomic E-state index is -0.544. The van der Waals surface area contributed by atoms with Gasteiger partial charge in [0.25, 0.3) is 0 Å². The lowest BCUT2D eigenvalue weighted by molar-refractivity contribution is -0.135. The van der Waals surface area contributed by atoms with Gasteiger partial charge in [-0.25, -0.2) is 4.79 Å². The lowest BCUT2D eigenvalue weighted by Gasteiger charge is -2.07. The standard InChI is InChI=1S/C10H14N2O2.C2H6.BH2N/c1-2-14-10(13)9(12)8-6-3-5(6)4-7(8)11;2*1-2/h5-6,12H,2-4,11H2,1H3;1-2H3;2H2. The summed E-state index contributed by atoms with van der Waals surface area (Å²) in [5.41, 5.74) is 11.2. The van der Waals surface area contributed by atoms with E-state index < -0.39 is 5.97 Å². The predicted octanol–water partition coefficient (Wildman–Crippen LogP) is 0.877. The van der Waals surface area contributed by atoms with Crippen molar-refractivity contribution in [2.75, 3.05) is 6.61 Å². The minimum Gasteiger partial charge on any atom is -0.461 e. The number of hydrogen-bond donors (Lipinski definition) is 3. The van der Waals surface area contributed by atoms with Crippen LogP contribution in [0.1, 0.15) is 33.6 Å². The van der Waals surface area contributed by atoms with Crippen molar-refractivity contribution in [3.63, 3.8) is 0 Å². The molecule has 0 bridgehead atoms. The van der Waals surface area contributed by atoms with Gasteiger partial charge in [0, 0.05) is 11.3 Å². The smallest absolute Gasteiger partial charge is 0.356 e. The van der Waals surface area contributed by atoms with Crippen LogP contribution in [0.3, 0.4) is 0 Å². The average molecular weight is 251 g/mol. The first-order valence-corrected chi connectivity index (χ1v) is 6.23. The molecule has 0 amide bonds. The molecule has 18 heavy (non-hydrogen) atoms. The van der Waals surface area contributed by atoms with Crippen LogP contribution in [-0.4, -0.2) is 26.3 Å². The molecule has 2 aliphatic carbocycles. The van der Waals surface area contributed by atoms with Crippen LogP contribution in [-0.2, 0) is 9.53 Å². The van der Waals surface area contributed by atoms with E-state index in [9.17, 15) is 4.79 Å². The Morgan fingerprint density at radius 1 is 1.50 bits per heavy atom. The molecule has 100 valence electrons. The van der Waals surface area contributed by atoms with E-state index in [0.717, 1.165) is 18.4 Å². The van der Waals surface area contributed by atoms with Gasteiger partial charge in [0.15, 0.2) is 7.98 Å². The maximum Gasteiger partial charge on any atom is 0.356 e. The molecule has 1 saturated carbocycles. The van der Waals surface area contributed by atoms with E-state index in [0.29, 0.717) is 24.1 Å². The second kappa shape index (κ2) is 7.92. The van der Waals surface area contributed by atoms with Gasteiger partial charge in [0.2, 0.25) is 0 Å². The fourth-order valence-corrected chi connectivity index (χ4v) is 2.12. The Hall–Kier alpha value is -1.30. The van der Waals surface area contributed by atoms with E-state index in [1.807, 2.05) is 13.8 Å². The van der Waals surface area contributed by atoms with Crippen LogP contribution in [0.25, 0.3) is 0 Å². The number of rotatable bonds is 3. The molecule has 0 aromatic carbocycles. The van der Waals surface area contributed by atoms with Crippen molar-refractivity contribution in [1.29, 1.82) is 5.41 Å². The van der Waals surface area contributed by atoms with E-state index in [4.69, 9.17) is 15.9 Å². The summed E-state index contributed by atoms with van der Waals surface area (Å²) in [4.78, 5) is 11.3. The molecular weight excluding hydrogens is 229 g/mol. The monoisotopic (exact) mass is 251 g/mol. The third-order valence-corrected chi connectivity index (χ3v) is 2.87. The summed E-state index contributed by atoms with van der Waals surface area (Å²) >= 11 is 0. The van der Waals surface area contributed by atoms with Crippen molar-refractivity contribution >= 4 is 19.7 Å². The zero-order chi connectivity index (χ0) is 14.3. The zero-order valence-corrected chi connectivity index (χ0v) is 11.3. The van der Waals surface area contributed by atoms with E-state index in [1.54, 1.807) is 6.92 Å². The highest BCUT2D eigenvalue weighted by Gasteiger charge is 2.48. The molecule has 2 radical (unpaired) electrons. The molecule has 6 heteroatoms. The van der Waals surface area contributed by atoms with Crippen LogP contribution in [0.2, 0.25) is 0 Å². The topological polar surface area (TPSA) is 102 Å². The highest BCUT2D eigenvalue weighted by Crippen LogP contribution is 2.53. The lowest BCUT2D eigenvalue weighted by atomic mass is 10.1. The molecule has 2 atom stereocenters. The van der Waals surface area contributed by atoms with Crippen LogP contribution in [0.15, 0.2) is 11.3 Å². The van der Waals surface area contributed by atoms with E-state index in [1.165, 1.54) is 0 Å². The molecule has 0 spiro atoms. The Morgan fingerprint density at radius 3 is 2.44 bits per heavy atom. The highest BCUT2D eigenvalue weighted by atomic mass is 16.5. The van der Waals surface area contributed by atoms with Gasteiger partial charge in [0.05, 0.1) is 6.61 Å². The molecule has 2 aliphatic rings. The Bertz CT molecular complexity index is 342. The first-order chi connectivity index (χ1) is 8.65. The van der Waals surface area contributed by atoms with Gasteiger partial charge in [-0.15, -0.1) is 0 Å². The minimum absolute atomic E-state index is 0.0330. The molecule has 2 unspecified atom stereocenters. The number of carbonyl (C=O) groups is 1. The first kappa shape index (κ1) is 16.7. The van der Waals surface area contributed by atoms with Gasteiger partial charge in [-0.1, -0.05) is 13.8 Å². The molecule has 1 fully saturated rings. The average Bonchev–Trinajstić information content (AvgIpc) is 3.06. The van der Waals surface area contributed by atoms with Gasteiger partial charge < -0.3 is 16.1 Å². The fraction of sp³-hybridized carbons (Fsp3) is 0.667. The van der Waals surface area contributed by atoms with Gasteiger partial charge in [-0.3, -0.25) is 5.41 Å². The fourth-order valence-electron chi connectivity index (χ4n) is 2.12. The summed E-state index contributed by atoms with van der Waals surface area (Å²) in [7, 11) is 4.00. The molecule has 0 aromatic rings. The van der Waals surface area contributed by atoms with E-state index in [-0.39, 0.29) is 5.71 Å². The van der Waals surface area contributed by atoms with Gasteiger partial charge in [-0.2, -0.15) is 0 Å². The highest BCUT2D eigenvalue weighted by molar-refractivity contribution is 6.42. The summed E-state index contributed by atoms with van der Waals surface area (Å²) in [6.45, 7) is 6.04. The van der Waals surface area contributed by atoms with Crippen molar-refractivity contribution in [3.05, 3.63) is 11.3 Å². The second-order valence-electron chi connectivity index (χ2n) is 3.84. The maximum absolute atomic E-state index is 11.3. The van der Waals surface area contributed by atoms with Crippen molar-refractivity contribution in [1.82, 2.24) is 0 Å².